The molecule has 0 aliphatic rings. The number of aromatic nitrogens is 1. The third kappa shape index (κ3) is 2.82. The summed E-state index contributed by atoms with van der Waals surface area (Å²) in [5.41, 5.74) is 1.68. The van der Waals surface area contributed by atoms with E-state index < -0.39 is 5.97 Å². The van der Waals surface area contributed by atoms with Gasteiger partial charge in [-0.2, -0.15) is 0 Å². The van der Waals surface area contributed by atoms with Crippen LogP contribution in [0.2, 0.25) is 0 Å². The summed E-state index contributed by atoms with van der Waals surface area (Å²) in [7, 11) is 0. The lowest BCUT2D eigenvalue weighted by Gasteiger charge is -2.06. The van der Waals surface area contributed by atoms with E-state index in [-0.39, 0.29) is 11.6 Å². The number of carboxylic acid groups (broad SMARTS) is 1. The SMILES string of the molecule is Cc1ccccc1OCc1csc(C(=O)O)n1. The molecule has 2 aromatic rings. The summed E-state index contributed by atoms with van der Waals surface area (Å²) in [4.78, 5) is 14.6. The van der Waals surface area contributed by atoms with Crippen molar-refractivity contribution in [3.63, 3.8) is 0 Å². The molecule has 1 N–H and O–H groups in total. The van der Waals surface area contributed by atoms with Gasteiger partial charge in [0.15, 0.2) is 0 Å². The zero-order chi connectivity index (χ0) is 12.3. The predicted octanol–water partition coefficient (Wildman–Crippen LogP) is 2.73. The van der Waals surface area contributed by atoms with Crippen molar-refractivity contribution in [3.8, 4) is 5.75 Å². The number of ether oxygens (including phenoxy) is 1. The lowest BCUT2D eigenvalue weighted by atomic mass is 10.2. The molecule has 1 aromatic heterocycles. The van der Waals surface area contributed by atoms with Gasteiger partial charge >= 0.3 is 5.97 Å². The van der Waals surface area contributed by atoms with Gasteiger partial charge in [-0.15, -0.1) is 11.3 Å². The Labute approximate surface area is 103 Å². The molecule has 0 spiro atoms. The number of carboxylic acids is 1. The standard InChI is InChI=1S/C12H11NO3S/c1-8-4-2-3-5-10(8)16-6-9-7-17-11(13-9)12(14)15/h2-5,7H,6H2,1H3,(H,14,15). The second kappa shape index (κ2) is 4.97. The van der Waals surface area contributed by atoms with E-state index in [1.54, 1.807) is 5.38 Å². The van der Waals surface area contributed by atoms with E-state index in [9.17, 15) is 4.79 Å². The quantitative estimate of drug-likeness (QED) is 0.905. The molecule has 4 nitrogen and oxygen atoms in total. The zero-order valence-electron chi connectivity index (χ0n) is 9.21. The van der Waals surface area contributed by atoms with Crippen molar-refractivity contribution < 1.29 is 14.6 Å². The van der Waals surface area contributed by atoms with Crippen molar-refractivity contribution in [2.75, 3.05) is 0 Å². The Kier molecular flexibility index (Phi) is 3.39. The van der Waals surface area contributed by atoms with Crippen LogP contribution in [0.15, 0.2) is 29.6 Å². The van der Waals surface area contributed by atoms with Crippen LogP contribution < -0.4 is 4.74 Å². The number of hydrogen-bond acceptors (Lipinski definition) is 4. The van der Waals surface area contributed by atoms with Gasteiger partial charge in [0.25, 0.3) is 0 Å². The second-order valence-corrected chi connectivity index (χ2v) is 4.36. The molecule has 1 aromatic carbocycles. The first-order valence-electron chi connectivity index (χ1n) is 5.03. The number of carbonyl (C=O) groups is 1. The van der Waals surface area contributed by atoms with Crippen LogP contribution in [0.3, 0.4) is 0 Å². The highest BCUT2D eigenvalue weighted by Crippen LogP contribution is 2.18. The monoisotopic (exact) mass is 249 g/mol. The number of rotatable bonds is 4. The van der Waals surface area contributed by atoms with E-state index >= 15 is 0 Å². The van der Waals surface area contributed by atoms with Crippen molar-refractivity contribution in [1.29, 1.82) is 0 Å². The highest BCUT2D eigenvalue weighted by atomic mass is 32.1. The molecule has 0 aliphatic heterocycles. The van der Waals surface area contributed by atoms with Crippen molar-refractivity contribution >= 4 is 17.3 Å². The van der Waals surface area contributed by atoms with Crippen molar-refractivity contribution in [3.05, 3.63) is 45.9 Å². The van der Waals surface area contributed by atoms with Gasteiger partial charge < -0.3 is 9.84 Å². The molecule has 5 heteroatoms. The lowest BCUT2D eigenvalue weighted by Crippen LogP contribution is -1.99. The molecule has 0 saturated carbocycles. The van der Waals surface area contributed by atoms with Crippen LogP contribution in [0.1, 0.15) is 21.1 Å². The fourth-order valence-corrected chi connectivity index (χ4v) is 1.98. The molecule has 1 heterocycles. The van der Waals surface area contributed by atoms with Crippen LogP contribution in [0.4, 0.5) is 0 Å². The Morgan fingerprint density at radius 2 is 2.24 bits per heavy atom. The summed E-state index contributed by atoms with van der Waals surface area (Å²) in [6, 6.07) is 7.67. The van der Waals surface area contributed by atoms with Gasteiger partial charge in [0.2, 0.25) is 5.01 Å². The number of thiazole rings is 1. The van der Waals surface area contributed by atoms with Crippen LogP contribution in [-0.2, 0) is 6.61 Å². The Bertz CT molecular complexity index is 536. The van der Waals surface area contributed by atoms with Crippen LogP contribution >= 0.6 is 11.3 Å². The number of aromatic carboxylic acids is 1. The third-order valence-corrected chi connectivity index (χ3v) is 3.08. The molecule has 0 fully saturated rings. The smallest absolute Gasteiger partial charge is 0.365 e. The minimum absolute atomic E-state index is 0.0911. The zero-order valence-corrected chi connectivity index (χ0v) is 10.0. The van der Waals surface area contributed by atoms with Gasteiger partial charge in [-0.25, -0.2) is 9.78 Å². The van der Waals surface area contributed by atoms with Gasteiger partial charge in [0, 0.05) is 5.38 Å². The first-order valence-corrected chi connectivity index (χ1v) is 5.91. The average Bonchev–Trinajstić information content (AvgIpc) is 2.77. The Balaban J connectivity index is 2.02. The topological polar surface area (TPSA) is 59.4 Å². The molecule has 2 rings (SSSR count). The van der Waals surface area contributed by atoms with Gasteiger partial charge in [0.1, 0.15) is 12.4 Å². The number of hydrogen-bond donors (Lipinski definition) is 1. The maximum atomic E-state index is 10.6. The van der Waals surface area contributed by atoms with E-state index in [4.69, 9.17) is 9.84 Å². The number of aryl methyl sites for hydroxylation is 1. The van der Waals surface area contributed by atoms with Gasteiger partial charge in [0.05, 0.1) is 5.69 Å². The molecular weight excluding hydrogens is 238 g/mol. The van der Waals surface area contributed by atoms with Crippen molar-refractivity contribution in [2.24, 2.45) is 0 Å². The molecule has 17 heavy (non-hydrogen) atoms. The van der Waals surface area contributed by atoms with Crippen LogP contribution in [0, 0.1) is 6.92 Å². The summed E-state index contributed by atoms with van der Waals surface area (Å²) in [6.45, 7) is 2.24. The first kappa shape index (κ1) is 11.6. The van der Waals surface area contributed by atoms with E-state index in [0.717, 1.165) is 22.6 Å². The van der Waals surface area contributed by atoms with Crippen LogP contribution in [0.5, 0.6) is 5.75 Å². The average molecular weight is 249 g/mol. The van der Waals surface area contributed by atoms with Gasteiger partial charge in [-0.05, 0) is 18.6 Å². The summed E-state index contributed by atoms with van der Waals surface area (Å²) in [6.07, 6.45) is 0. The molecule has 0 aliphatic carbocycles. The normalized spacial score (nSPS) is 10.2. The van der Waals surface area contributed by atoms with Crippen molar-refractivity contribution in [2.45, 2.75) is 13.5 Å². The highest BCUT2D eigenvalue weighted by Gasteiger charge is 2.09. The third-order valence-electron chi connectivity index (χ3n) is 2.20. The number of nitrogens with zero attached hydrogens (tertiary/aromatic N) is 1. The Morgan fingerprint density at radius 1 is 1.47 bits per heavy atom. The largest absolute Gasteiger partial charge is 0.487 e. The number of benzene rings is 1. The van der Waals surface area contributed by atoms with E-state index in [0.29, 0.717) is 5.69 Å². The highest BCUT2D eigenvalue weighted by molar-refractivity contribution is 7.11. The van der Waals surface area contributed by atoms with Crippen molar-refractivity contribution in [1.82, 2.24) is 4.98 Å². The van der Waals surface area contributed by atoms with Crippen LogP contribution in [0.25, 0.3) is 0 Å². The van der Waals surface area contributed by atoms with E-state index in [1.807, 2.05) is 31.2 Å². The Morgan fingerprint density at radius 3 is 2.88 bits per heavy atom. The van der Waals surface area contributed by atoms with E-state index in [1.165, 1.54) is 0 Å². The van der Waals surface area contributed by atoms with Gasteiger partial charge in [-0.3, -0.25) is 0 Å². The fraction of sp³-hybridized carbons (Fsp3) is 0.167. The lowest BCUT2D eigenvalue weighted by molar-refractivity contribution is 0.0696. The molecule has 0 saturated heterocycles. The summed E-state index contributed by atoms with van der Waals surface area (Å²) >= 11 is 1.11. The summed E-state index contributed by atoms with van der Waals surface area (Å²) in [5, 5.41) is 10.5. The molecule has 0 amide bonds. The minimum atomic E-state index is -1.00. The van der Waals surface area contributed by atoms with E-state index in [2.05, 4.69) is 4.98 Å². The Hall–Kier alpha value is -1.88. The first-order chi connectivity index (χ1) is 8.16. The minimum Gasteiger partial charge on any atom is -0.487 e. The molecule has 0 unspecified atom stereocenters. The molecular formula is C12H11NO3S. The maximum absolute atomic E-state index is 10.6. The molecule has 88 valence electrons. The summed E-state index contributed by atoms with van der Waals surface area (Å²) in [5.74, 6) is -0.213. The molecule has 0 atom stereocenters. The van der Waals surface area contributed by atoms with Gasteiger partial charge in [-0.1, -0.05) is 18.2 Å². The second-order valence-electron chi connectivity index (χ2n) is 3.50. The summed E-state index contributed by atoms with van der Waals surface area (Å²) < 4.78 is 5.57. The van der Waals surface area contributed by atoms with Crippen LogP contribution in [-0.4, -0.2) is 16.1 Å². The predicted molar refractivity (Wildman–Crippen MR) is 64.6 cm³/mol. The number of para-hydroxylation sites is 1. The molecule has 0 bridgehead atoms. The molecule has 0 radical (unpaired) electrons. The maximum Gasteiger partial charge on any atom is 0.365 e. The fourth-order valence-electron chi connectivity index (χ4n) is 1.34.